The lowest BCUT2D eigenvalue weighted by molar-refractivity contribution is 1.09. The molecule has 0 N–H and O–H groups in total. The Hall–Kier alpha value is -1.76. The van der Waals surface area contributed by atoms with E-state index in [1.54, 1.807) is 20.8 Å². The summed E-state index contributed by atoms with van der Waals surface area (Å²) in [5.41, 5.74) is 0. The van der Waals surface area contributed by atoms with Crippen molar-refractivity contribution in [3.05, 3.63) is 0 Å². The Labute approximate surface area is 733 Å². The van der Waals surface area contributed by atoms with Crippen LogP contribution in [0.15, 0.2) is 0 Å². The van der Waals surface area contributed by atoms with Crippen molar-refractivity contribution in [2.45, 2.75) is 631 Å². The first-order valence-corrected chi connectivity index (χ1v) is 23.0. The lowest BCUT2D eigenvalue weighted by Gasteiger charge is -1.48. The molecule has 0 amide bonds. The van der Waals surface area contributed by atoms with Gasteiger partial charge in [0.1, 0.15) is 1.37 Å². The zero-order valence-corrected chi connectivity index (χ0v) is 58.7. The second-order valence-corrected chi connectivity index (χ2v) is 10.1. The minimum absolute atomic E-state index is 0. The molecule has 0 heteroatoms. The second kappa shape index (κ2) is 4040. The predicted octanol–water partition coefficient (Wildman–Crippen LogP) is 51.0. The van der Waals surface area contributed by atoms with Gasteiger partial charge in [-0.1, -0.05) is 610 Å². The van der Waals surface area contributed by atoms with E-state index in [1.807, 2.05) is 27.7 Å². The molecule has 0 unspecified atom stereocenters. The quantitative estimate of drug-likeness (QED) is 0.212. The largest absolute Gasteiger partial charge is 1.00 e. The summed E-state index contributed by atoms with van der Waals surface area (Å²) >= 11 is 0. The van der Waals surface area contributed by atoms with Gasteiger partial charge in [-0.15, -0.1) is 49.9 Å². The van der Waals surface area contributed by atoms with Crippen molar-refractivity contribution >= 4 is 0 Å². The van der Waals surface area contributed by atoms with E-state index >= 15 is 0 Å². The summed E-state index contributed by atoms with van der Waals surface area (Å²) in [5.74, 6) is 6.75. The third-order valence-electron chi connectivity index (χ3n) is 0. The van der Waals surface area contributed by atoms with Crippen LogP contribution in [0, 0.1) is 49.9 Å². The highest BCUT2D eigenvalue weighted by atomic mass is 13.5. The third-order valence-corrected chi connectivity index (χ3v) is 0. The average molecular weight is 1560 g/mol. The normalized spacial score (nSPS) is 5.94. The van der Waals surface area contributed by atoms with E-state index in [4.69, 9.17) is 47.1 Å². The molecule has 0 aliphatic carbocycles. The smallest absolute Gasteiger partial charge is 0.124 e. The third kappa shape index (κ3) is 259000. The van der Waals surface area contributed by atoms with E-state index in [2.05, 4.69) is 223 Å². The molecule has 0 heterocycles. The van der Waals surface area contributed by atoms with Crippen LogP contribution in [0.1, 0.15) is 685 Å². The molecule has 0 radical (unpaired) electrons. The van der Waals surface area contributed by atoms with Crippen molar-refractivity contribution in [1.29, 1.82) is 0 Å². The summed E-state index contributed by atoms with van der Waals surface area (Å²) in [4.78, 5) is 0. The first-order valence-electron chi connectivity index (χ1n) is 46.9. The van der Waals surface area contributed by atoms with Crippen LogP contribution in [0.3, 0.4) is 0 Å². The molecule has 0 spiro atoms. The van der Waals surface area contributed by atoms with E-state index < -0.39 is 0 Å². The van der Waals surface area contributed by atoms with E-state index in [0.29, 0.717) is 0 Å². The number of terminal acetylenes is 4. The van der Waals surface area contributed by atoms with Crippen LogP contribution in [0.25, 0.3) is 0 Å². The van der Waals surface area contributed by atoms with Crippen LogP contribution < -0.4 is 0 Å². The number of hydrogen-bond acceptors (Lipinski definition) is 0. The summed E-state index contributed by atoms with van der Waals surface area (Å²) in [6.45, 7) is 68.2. The maximum absolute atomic E-state index is 5.88. The zero-order valence-electron chi connectivity index (χ0n) is 97.7. The maximum atomic E-state index is 5.88. The van der Waals surface area contributed by atoms with E-state index in [9.17, 15) is 0 Å². The summed E-state index contributed by atoms with van der Waals surface area (Å²) < 4.78 is 196. The molecule has 0 saturated carbocycles. The molecule has 0 rings (SSSR count). The van der Waals surface area contributed by atoms with Gasteiger partial charge < -0.3 is 7.13 Å². The fourth-order valence-electron chi connectivity index (χ4n) is 0. The van der Waals surface area contributed by atoms with Gasteiger partial charge in [0.05, 0.1) is 0 Å². The van der Waals surface area contributed by atoms with E-state index in [-0.39, 0.29) is 304 Å². The second-order valence-electron chi connectivity index (χ2n) is 10.1. The standard InChI is InChI=1S/13C3H8.3C3H4.2C2H6.C2H2.43CH4.2H2.5H/c16*1-3-2;3*1-2;;;;;;;;;;;;;;;;;;;;;;;;;;;;;;;;;;;;;;;;;;;;;;;;;;/h13*3H2,1-2H3;3*1H,2H3;2*1-2H3;1-2H;43*1H4;2*1H;;;;;/q;;;;;;;;;;;;;;;;;;;;;;;;;;;;;;;;;;;;;;;;;;;;;;;;;;;;;;;;;;;;;;;;5*-1/i;;;;;;;;;;;;;;;;;;1T;13*1T2;3*1T;;;;;;;;;;;;;;;;;;;;;;;;;;;;2*1+2T;5*1+2. The molecular formula is C97H311-5. The van der Waals surface area contributed by atoms with Crippen molar-refractivity contribution in [1.82, 2.24) is 0 Å². The van der Waals surface area contributed by atoms with Crippen molar-refractivity contribution in [3.8, 4) is 49.9 Å². The molecule has 0 nitrogen and oxygen atoms in total. The predicted molar refractivity (Wildman–Crippen MR) is 583 cm³/mol. The Morgan fingerprint density at radius 2 is 0.216 bits per heavy atom. The monoisotopic (exact) mass is 1560 g/mol. The Balaban J connectivity index is -0.00000000503. The van der Waals surface area contributed by atoms with Crippen LogP contribution in [-0.2, 0) is 0 Å². The molecule has 0 atom stereocenters. The summed E-state index contributed by atoms with van der Waals surface area (Å²) in [6.07, 6.45) is 35.8. The van der Waals surface area contributed by atoms with Gasteiger partial charge in [0.25, 0.3) is 0 Å². The highest BCUT2D eigenvalue weighted by Gasteiger charge is 1.39. The molecule has 0 fully saturated rings. The Kier molecular flexibility index (Phi) is 8280. The molecule has 704 valence electrons. The maximum Gasteiger partial charge on any atom is 0.124 e. The first kappa shape index (κ1) is 199. The summed E-state index contributed by atoms with van der Waals surface area (Å²) in [5, 5.41) is 0. The fraction of sp³-hybridized carbons (Fsp3) is 0.918. The number of hydrogen-bond donors (Lipinski definition) is 0. The first-order chi connectivity index (χ1) is 49.4. The lowest BCUT2D eigenvalue weighted by atomic mass is 10.6. The molecule has 0 bridgehead atoms. The van der Waals surface area contributed by atoms with Crippen molar-refractivity contribution in [2.75, 3.05) is 0 Å². The summed E-state index contributed by atoms with van der Waals surface area (Å²) in [7, 11) is 0.500. The molecule has 97 heavy (non-hydrogen) atoms. The summed E-state index contributed by atoms with van der Waals surface area (Å²) in [6, 6.07) is 0. The molecular weight excluding hydrogens is 1170 g/mol. The topological polar surface area (TPSA) is 0 Å². The van der Waals surface area contributed by atoms with Crippen LogP contribution in [0.2, 0.25) is 0 Å². The van der Waals surface area contributed by atoms with Crippen LogP contribution in [0.5, 0.6) is 0 Å². The van der Waals surface area contributed by atoms with Gasteiger partial charge in [0.2, 0.25) is 0 Å². The Morgan fingerprint density at radius 3 is 0.216 bits per heavy atom. The number of rotatable bonds is 0. The Bertz CT molecular complexity index is 474. The van der Waals surface area contributed by atoms with Gasteiger partial charge in [-0.25, -0.2) is 0 Å². The van der Waals surface area contributed by atoms with Crippen molar-refractivity contribution < 1.29 is 54.2 Å². The molecule has 0 aliphatic heterocycles. The molecule has 0 aliphatic rings. The molecule has 0 aromatic rings. The van der Waals surface area contributed by atoms with Gasteiger partial charge >= 0.3 is 0 Å². The minimum Gasteiger partial charge on any atom is -1.00 e. The SMILES string of the molecule is C.C.C.C.C.C.C.C.C.C.C.C.C.C.C.C.C.C.C.C.C.C.C.C.C.C.C.C#CC.C#CC.C#CC.CC.CC.CCC.CCC.CCC.CCC.CCC.CCC.CCC.CCC.CCC.CCC.CCC.CCC.CCC.[3H-].[3H-].[3H-].[3H-].[3H-].[3H]C.[3H]C.[3H]C.[3H]C#C.[3H]C[3H].[3H]C[3H].[3H]C[3H].[3H]C[3H].[3H]C[3H].[3H]C[3H].[3H]C[3H].[3H]C[3H].[3H]C[3H].[3H]C[3H].[3H]C[3H].[3H]C[3H].[3H]C[3H].[3H][3H].[3H][3H]. The van der Waals surface area contributed by atoms with Gasteiger partial charge in [-0.3, -0.25) is 0 Å². The van der Waals surface area contributed by atoms with Gasteiger partial charge in [-0.05, 0) is 20.8 Å². The average Bonchev–Trinajstić information content (AvgIpc) is 3.58. The van der Waals surface area contributed by atoms with Crippen LogP contribution >= 0.6 is 0 Å². The highest BCUT2D eigenvalue weighted by molar-refractivity contribution is 4.74. The minimum atomic E-state index is -0.250. The van der Waals surface area contributed by atoms with Gasteiger partial charge in [-0.2, -0.15) is 0 Å². The Morgan fingerprint density at radius 1 is 0.216 bits per heavy atom. The van der Waals surface area contributed by atoms with E-state index in [0.717, 1.165) is 0 Å². The van der Waals surface area contributed by atoms with Gasteiger partial charge in [0, 0.05) is 45.7 Å². The van der Waals surface area contributed by atoms with Crippen molar-refractivity contribution in [3.63, 3.8) is 0 Å². The molecule has 0 aromatic heterocycles. The van der Waals surface area contributed by atoms with Crippen LogP contribution in [-0.4, -0.2) is 0 Å². The fourth-order valence-corrected chi connectivity index (χ4v) is 0. The molecule has 0 saturated heterocycles. The van der Waals surface area contributed by atoms with E-state index in [1.165, 1.54) is 112 Å². The van der Waals surface area contributed by atoms with Crippen molar-refractivity contribution in [2.24, 2.45) is 0 Å². The lowest BCUT2D eigenvalue weighted by Crippen LogP contribution is -1.27. The van der Waals surface area contributed by atoms with Gasteiger partial charge in [0.15, 0.2) is 0 Å². The van der Waals surface area contributed by atoms with Crippen LogP contribution in [0.4, 0.5) is 0 Å². The molecule has 0 aromatic carbocycles. The highest BCUT2D eigenvalue weighted by Crippen LogP contribution is 1.60. The zero-order chi connectivity index (χ0) is 95.2.